The van der Waals surface area contributed by atoms with Crippen LogP contribution in [0.25, 0.3) is 0 Å². The normalized spacial score (nSPS) is 14.6. The highest BCUT2D eigenvalue weighted by molar-refractivity contribution is 7.47. The molecular weight excluding hydrogens is 732 g/mol. The number of quaternary nitrogens is 1. The predicted molar refractivity (Wildman–Crippen MR) is 244 cm³/mol. The number of aliphatic hydroxyl groups excluding tert-OH is 1. The van der Waals surface area contributed by atoms with Gasteiger partial charge in [0.1, 0.15) is 13.2 Å². The minimum absolute atomic E-state index is 0.0547. The number of nitrogens with one attached hydrogen (secondary N) is 1. The maximum absolute atomic E-state index is 12.9. The van der Waals surface area contributed by atoms with Gasteiger partial charge in [-0.25, -0.2) is 4.57 Å². The van der Waals surface area contributed by atoms with E-state index in [1.165, 1.54) is 148 Å². The first-order chi connectivity index (χ1) is 27.5. The number of carbonyl (C=O) groups is 1. The van der Waals surface area contributed by atoms with Crippen molar-refractivity contribution in [3.8, 4) is 0 Å². The molecule has 0 bridgehead atoms. The van der Waals surface area contributed by atoms with Crippen molar-refractivity contribution in [1.82, 2.24) is 5.32 Å². The Morgan fingerprint density at radius 1 is 0.579 bits per heavy atom. The average Bonchev–Trinajstić information content (AvgIpc) is 3.16. The van der Waals surface area contributed by atoms with Gasteiger partial charge < -0.3 is 19.8 Å². The van der Waals surface area contributed by atoms with E-state index in [0.29, 0.717) is 17.4 Å². The van der Waals surface area contributed by atoms with Crippen LogP contribution in [0.3, 0.4) is 0 Å². The Labute approximate surface area is 353 Å². The van der Waals surface area contributed by atoms with E-state index in [9.17, 15) is 19.4 Å². The van der Waals surface area contributed by atoms with Crippen LogP contribution < -0.4 is 5.32 Å². The van der Waals surface area contributed by atoms with Crippen LogP contribution >= 0.6 is 7.82 Å². The number of phosphoric acid groups is 1. The van der Waals surface area contributed by atoms with Crippen LogP contribution in [0, 0.1) is 0 Å². The lowest BCUT2D eigenvalue weighted by Gasteiger charge is -2.25. The molecule has 0 aliphatic carbocycles. The van der Waals surface area contributed by atoms with Gasteiger partial charge in [0.05, 0.1) is 39.9 Å². The Kier molecular flexibility index (Phi) is 39.2. The number of rotatable bonds is 43. The van der Waals surface area contributed by atoms with E-state index < -0.39 is 20.0 Å². The van der Waals surface area contributed by atoms with Gasteiger partial charge in [-0.3, -0.25) is 13.8 Å². The number of carbonyl (C=O) groups excluding carboxylic acids is 1. The third-order valence-corrected chi connectivity index (χ3v) is 11.6. The van der Waals surface area contributed by atoms with E-state index in [2.05, 4.69) is 43.5 Å². The largest absolute Gasteiger partial charge is 0.472 e. The molecule has 0 rings (SSSR count). The van der Waals surface area contributed by atoms with Crippen molar-refractivity contribution >= 4 is 13.7 Å². The second-order valence-electron chi connectivity index (χ2n) is 17.5. The van der Waals surface area contributed by atoms with Crippen molar-refractivity contribution in [2.75, 3.05) is 40.9 Å². The first kappa shape index (κ1) is 55.7. The molecule has 3 unspecified atom stereocenters. The number of aliphatic hydroxyl groups is 1. The number of unbranched alkanes of at least 4 members (excludes halogenated alkanes) is 26. The molecule has 0 aliphatic rings. The second-order valence-corrected chi connectivity index (χ2v) is 18.9. The van der Waals surface area contributed by atoms with Crippen molar-refractivity contribution < 1.29 is 32.9 Å². The summed E-state index contributed by atoms with van der Waals surface area (Å²) in [6, 6.07) is -0.866. The summed E-state index contributed by atoms with van der Waals surface area (Å²) in [6.45, 7) is 4.79. The number of allylic oxidation sites excluding steroid dienone is 5. The molecule has 0 aromatic carbocycles. The average molecular weight is 826 g/mol. The third-order valence-electron chi connectivity index (χ3n) is 10.6. The van der Waals surface area contributed by atoms with Crippen LogP contribution in [0.2, 0.25) is 0 Å². The van der Waals surface area contributed by atoms with Gasteiger partial charge in [0, 0.05) is 6.42 Å². The first-order valence-corrected chi connectivity index (χ1v) is 25.4. The van der Waals surface area contributed by atoms with Crippen molar-refractivity contribution in [2.24, 2.45) is 0 Å². The van der Waals surface area contributed by atoms with Crippen molar-refractivity contribution in [1.29, 1.82) is 0 Å². The zero-order chi connectivity index (χ0) is 42.1. The van der Waals surface area contributed by atoms with Gasteiger partial charge >= 0.3 is 7.82 Å². The van der Waals surface area contributed by atoms with E-state index in [1.807, 2.05) is 27.2 Å². The molecule has 3 N–H and O–H groups in total. The SMILES string of the molecule is CCCCCCCCC/C=C/CC/C=C/CC/C=C/C(O)C(COP(=O)(O)OCC[N+](C)(C)C)NC(=O)CCCCCCCCCCCCCCCCCCCC. The maximum atomic E-state index is 12.9. The number of nitrogens with zero attached hydrogens (tertiary/aromatic N) is 1. The minimum atomic E-state index is -4.35. The summed E-state index contributed by atoms with van der Waals surface area (Å²) in [4.78, 5) is 23.1. The van der Waals surface area contributed by atoms with E-state index in [0.717, 1.165) is 44.9 Å². The fourth-order valence-corrected chi connectivity index (χ4v) is 7.51. The fourth-order valence-electron chi connectivity index (χ4n) is 6.78. The van der Waals surface area contributed by atoms with Gasteiger partial charge in [-0.05, 0) is 44.9 Å². The summed E-state index contributed by atoms with van der Waals surface area (Å²) in [7, 11) is 1.55. The van der Waals surface area contributed by atoms with Crippen LogP contribution in [0.15, 0.2) is 36.5 Å². The molecule has 0 saturated heterocycles. The molecule has 0 saturated carbocycles. The van der Waals surface area contributed by atoms with Gasteiger partial charge in [0.2, 0.25) is 5.91 Å². The zero-order valence-electron chi connectivity index (χ0n) is 38.1. The Morgan fingerprint density at radius 2 is 0.965 bits per heavy atom. The lowest BCUT2D eigenvalue weighted by molar-refractivity contribution is -0.870. The molecule has 1 amide bonds. The number of hydrogen-bond acceptors (Lipinski definition) is 5. The summed E-state index contributed by atoms with van der Waals surface area (Å²) in [5, 5.41) is 13.8. The molecular formula is C48H94N2O6P+. The monoisotopic (exact) mass is 826 g/mol. The Morgan fingerprint density at radius 3 is 1.40 bits per heavy atom. The van der Waals surface area contributed by atoms with E-state index in [-0.39, 0.29) is 19.1 Å². The van der Waals surface area contributed by atoms with E-state index >= 15 is 0 Å². The van der Waals surface area contributed by atoms with Crippen LogP contribution in [0.1, 0.15) is 213 Å². The maximum Gasteiger partial charge on any atom is 0.472 e. The molecule has 0 aromatic rings. The van der Waals surface area contributed by atoms with Crippen LogP contribution in [0.5, 0.6) is 0 Å². The molecule has 0 aromatic heterocycles. The minimum Gasteiger partial charge on any atom is -0.387 e. The summed E-state index contributed by atoms with van der Waals surface area (Å²) in [6.07, 6.45) is 49.3. The highest BCUT2D eigenvalue weighted by atomic mass is 31.2. The van der Waals surface area contributed by atoms with Crippen LogP contribution in [-0.2, 0) is 18.4 Å². The van der Waals surface area contributed by atoms with E-state index in [1.54, 1.807) is 6.08 Å². The molecule has 57 heavy (non-hydrogen) atoms. The summed E-state index contributed by atoms with van der Waals surface area (Å²) < 4.78 is 23.6. The molecule has 0 radical (unpaired) electrons. The highest BCUT2D eigenvalue weighted by Crippen LogP contribution is 2.43. The number of amides is 1. The third kappa shape index (κ3) is 42.6. The number of hydrogen-bond donors (Lipinski definition) is 3. The van der Waals surface area contributed by atoms with Gasteiger partial charge in [0.15, 0.2) is 0 Å². The van der Waals surface area contributed by atoms with E-state index in [4.69, 9.17) is 9.05 Å². The van der Waals surface area contributed by atoms with Gasteiger partial charge in [0.25, 0.3) is 0 Å². The lowest BCUT2D eigenvalue weighted by Crippen LogP contribution is -2.45. The molecule has 8 nitrogen and oxygen atoms in total. The van der Waals surface area contributed by atoms with Crippen molar-refractivity contribution in [3.63, 3.8) is 0 Å². The van der Waals surface area contributed by atoms with Crippen molar-refractivity contribution in [3.05, 3.63) is 36.5 Å². The molecule has 0 heterocycles. The molecule has 336 valence electrons. The fraction of sp³-hybridized carbons (Fsp3) is 0.854. The summed E-state index contributed by atoms with van der Waals surface area (Å²) in [5.74, 6) is -0.189. The topological polar surface area (TPSA) is 105 Å². The Balaban J connectivity index is 4.43. The zero-order valence-corrected chi connectivity index (χ0v) is 39.0. The van der Waals surface area contributed by atoms with Crippen LogP contribution in [0.4, 0.5) is 0 Å². The second kappa shape index (κ2) is 40.1. The predicted octanol–water partition coefficient (Wildman–Crippen LogP) is 13.5. The molecule has 0 fully saturated rings. The van der Waals surface area contributed by atoms with Crippen LogP contribution in [-0.4, -0.2) is 73.4 Å². The quantitative estimate of drug-likeness (QED) is 0.0245. The number of phosphoric ester groups is 1. The molecule has 0 aliphatic heterocycles. The molecule has 3 atom stereocenters. The van der Waals surface area contributed by atoms with Gasteiger partial charge in [-0.1, -0.05) is 198 Å². The standard InChI is InChI=1S/C48H93N2O6P/c1-6-8-10-12-14-16-18-20-22-24-26-28-30-32-34-36-38-40-42-48(52)49-46(45-56-57(53,54)55-44-43-50(3,4)5)47(51)41-39-37-35-33-31-29-27-25-23-21-19-17-15-13-11-9-7-2/h23,25,31,33,39,41,46-47,51H,6-22,24,26-30,32,34-38,40,42-45H2,1-5H3,(H-,49,52,53,54)/p+1/b25-23+,33-31+,41-39+. The van der Waals surface area contributed by atoms with Gasteiger partial charge in [-0.2, -0.15) is 0 Å². The van der Waals surface area contributed by atoms with Crippen molar-refractivity contribution in [2.45, 2.75) is 225 Å². The molecule has 9 heteroatoms. The first-order valence-electron chi connectivity index (χ1n) is 23.9. The van der Waals surface area contributed by atoms with Gasteiger partial charge in [-0.15, -0.1) is 0 Å². The molecule has 0 spiro atoms. The lowest BCUT2D eigenvalue weighted by atomic mass is 10.0. The highest BCUT2D eigenvalue weighted by Gasteiger charge is 2.27. The Hall–Kier alpha value is -1.28. The summed E-state index contributed by atoms with van der Waals surface area (Å²) >= 11 is 0. The number of likely N-dealkylation sites (N-methyl/N-ethyl adjacent to an activating group) is 1. The Bertz CT molecular complexity index is 1030. The summed E-state index contributed by atoms with van der Waals surface area (Å²) in [5.41, 5.74) is 0. The smallest absolute Gasteiger partial charge is 0.387 e.